The second kappa shape index (κ2) is 23.1. The number of aliphatic hydroxyl groups is 1. The topological polar surface area (TPSA) is 198 Å². The molecule has 2 amide bonds. The number of thiol groups is 2. The molecule has 2 unspecified atom stereocenters. The Balaban J connectivity index is 1.69. The Morgan fingerprint density at radius 1 is 0.804 bits per heavy atom. The molecule has 0 bridgehead atoms. The highest BCUT2D eigenvalue weighted by Crippen LogP contribution is 2.28. The molecule has 2 aromatic carbocycles. The van der Waals surface area contributed by atoms with Crippen LogP contribution in [0.2, 0.25) is 0 Å². The number of nitrogens with one attached hydrogen (secondary N) is 4. The fourth-order valence-corrected chi connectivity index (χ4v) is 8.81. The normalized spacial score (nSPS) is 13.3. The first-order chi connectivity index (χ1) is 27.0. The molecule has 4 atom stereocenters. The number of aliphatic hydroxyl groups excluding tert-OH is 1. The summed E-state index contributed by atoms with van der Waals surface area (Å²) in [5.74, 6) is -2.14. The van der Waals surface area contributed by atoms with Crippen LogP contribution in [0.25, 0.3) is 33.2 Å². The highest BCUT2D eigenvalue weighted by molar-refractivity contribution is 8.76. The van der Waals surface area contributed by atoms with Crippen molar-refractivity contribution in [2.45, 2.75) is 38.0 Å². The van der Waals surface area contributed by atoms with Crippen LogP contribution >= 0.6 is 71.2 Å². The zero-order valence-electron chi connectivity index (χ0n) is 30.1. The summed E-state index contributed by atoms with van der Waals surface area (Å²) in [7, 11) is 2.40. The van der Waals surface area contributed by atoms with Crippen molar-refractivity contribution in [1.82, 2.24) is 30.0 Å². The Labute approximate surface area is 352 Å². The first-order valence-corrected chi connectivity index (χ1v) is 22.0. The van der Waals surface area contributed by atoms with Gasteiger partial charge in [-0.3, -0.25) is 19.1 Å². The number of ether oxygens (including phenoxy) is 2. The second-order valence-corrected chi connectivity index (χ2v) is 15.7. The maximum atomic E-state index is 14.0. The molecule has 2 heterocycles. The summed E-state index contributed by atoms with van der Waals surface area (Å²) in [6.45, 7) is 3.30. The van der Waals surface area contributed by atoms with Gasteiger partial charge in [0.15, 0.2) is 0 Å². The molecule has 0 saturated carbocycles. The van der Waals surface area contributed by atoms with Crippen LogP contribution in [-0.2, 0) is 23.9 Å². The highest BCUT2D eigenvalue weighted by atomic mass is 33.1. The van der Waals surface area contributed by atoms with Crippen LogP contribution in [0.15, 0.2) is 60.7 Å². The van der Waals surface area contributed by atoms with Gasteiger partial charge in [0.05, 0.1) is 65.5 Å². The Bertz CT molecular complexity index is 2050. The fourth-order valence-electron chi connectivity index (χ4n) is 4.99. The number of benzene rings is 2. The maximum Gasteiger partial charge on any atom is 0.329 e. The van der Waals surface area contributed by atoms with Gasteiger partial charge in [0.1, 0.15) is 12.1 Å². The number of hydrogen-bond donors (Lipinski definition) is 7. The van der Waals surface area contributed by atoms with Crippen LogP contribution in [0, 0.1) is 0 Å². The van der Waals surface area contributed by atoms with Crippen LogP contribution in [0.4, 0.5) is 0 Å². The van der Waals surface area contributed by atoms with Crippen LogP contribution in [0.3, 0.4) is 0 Å². The number of para-hydroxylation sites is 2. The number of carbonyl (C=O) groups is 5. The van der Waals surface area contributed by atoms with E-state index in [1.807, 2.05) is 0 Å². The minimum atomic E-state index is -1.10. The standard InChI is InChI=1S/C36H40N6O8S6/c1-3-49-34(46)30(18-54-42-29(17-52)36(48)53)39-32(44)23-13-27(37-25-11-7-5-9-21(23)25)28-14-24(22-10-6-8-12-26(22)38-28)33(45)40-31(35(47)50-4-2)19-55-56-41-20(15-43)16-51/h5-14,16,20,29-31,41-43,52H,3-4,15,17-19H2,1-2H3,(H,39,44)(H,40,45)(H,48,53)/t20-,29+,30?,31?/m1/s1. The monoisotopic (exact) mass is 876 g/mol. The van der Waals surface area contributed by atoms with Crippen LogP contribution < -0.4 is 20.1 Å². The first kappa shape index (κ1) is 45.2. The van der Waals surface area contributed by atoms with Gasteiger partial charge in [0.25, 0.3) is 11.8 Å². The van der Waals surface area contributed by atoms with E-state index in [1.165, 1.54) is 39.3 Å². The molecule has 298 valence electrons. The maximum absolute atomic E-state index is 14.0. The second-order valence-electron chi connectivity index (χ2n) is 11.6. The Kier molecular flexibility index (Phi) is 18.6. The van der Waals surface area contributed by atoms with Gasteiger partial charge in [-0.25, -0.2) is 24.3 Å². The molecule has 0 aliphatic carbocycles. The van der Waals surface area contributed by atoms with Gasteiger partial charge in [0.2, 0.25) is 5.12 Å². The van der Waals surface area contributed by atoms with E-state index in [4.69, 9.17) is 31.7 Å². The van der Waals surface area contributed by atoms with Gasteiger partial charge in [-0.2, -0.15) is 12.6 Å². The van der Waals surface area contributed by atoms with Gasteiger partial charge in [-0.1, -0.05) is 71.4 Å². The average Bonchev–Trinajstić information content (AvgIpc) is 3.20. The third-order valence-corrected chi connectivity index (χ3v) is 11.7. The average molecular weight is 877 g/mol. The lowest BCUT2D eigenvalue weighted by molar-refractivity contribution is -0.145. The molecule has 0 spiro atoms. The zero-order valence-corrected chi connectivity index (χ0v) is 35.2. The lowest BCUT2D eigenvalue weighted by atomic mass is 10.0. The third kappa shape index (κ3) is 12.5. The summed E-state index contributed by atoms with van der Waals surface area (Å²) in [4.78, 5) is 75.3. The smallest absolute Gasteiger partial charge is 0.329 e. The van der Waals surface area contributed by atoms with Crippen LogP contribution in [0.1, 0.15) is 34.6 Å². The Morgan fingerprint density at radius 2 is 1.30 bits per heavy atom. The quantitative estimate of drug-likeness (QED) is 0.0149. The predicted molar refractivity (Wildman–Crippen MR) is 233 cm³/mol. The van der Waals surface area contributed by atoms with E-state index in [-0.39, 0.29) is 59.6 Å². The molecular formula is C36H40N6O8S6. The van der Waals surface area contributed by atoms with Gasteiger partial charge >= 0.3 is 11.9 Å². The summed E-state index contributed by atoms with van der Waals surface area (Å²) in [6.07, 6.45) is 0. The Hall–Kier alpha value is -3.47. The number of esters is 2. The van der Waals surface area contributed by atoms with E-state index in [0.29, 0.717) is 21.8 Å². The SMILES string of the molecule is CCOC(=O)C(CSN[C@@H](CS)C(=O)S)NC(=O)c1cc(-c2cc(C(=O)NC(CSSN[C@@H](C=S)CO)C(=O)OCC)c3ccccc3n2)nc2ccccc12. The molecule has 0 radical (unpaired) electrons. The number of aromatic nitrogens is 2. The minimum absolute atomic E-state index is 0.0211. The number of nitrogens with zero attached hydrogens (tertiary/aromatic N) is 2. The minimum Gasteiger partial charge on any atom is -0.464 e. The van der Waals surface area contributed by atoms with Crippen molar-refractivity contribution in [2.75, 3.05) is 37.1 Å². The van der Waals surface area contributed by atoms with E-state index >= 15 is 0 Å². The van der Waals surface area contributed by atoms with Crippen molar-refractivity contribution in [1.29, 1.82) is 0 Å². The number of thiocarbonyl (C=S) groups is 1. The number of rotatable bonds is 22. The number of carbonyl (C=O) groups excluding carboxylic acids is 5. The number of pyridine rings is 2. The summed E-state index contributed by atoms with van der Waals surface area (Å²) in [5.41, 5.74) is 1.81. The number of amides is 2. The fraction of sp³-hybridized carbons (Fsp3) is 0.333. The molecule has 5 N–H and O–H groups in total. The van der Waals surface area contributed by atoms with Gasteiger partial charge in [-0.05, 0) is 54.5 Å². The molecule has 0 aliphatic rings. The molecule has 4 aromatic rings. The van der Waals surface area contributed by atoms with Crippen molar-refractivity contribution in [3.63, 3.8) is 0 Å². The highest BCUT2D eigenvalue weighted by Gasteiger charge is 2.27. The van der Waals surface area contributed by atoms with Crippen LogP contribution in [-0.4, -0.2) is 111 Å². The first-order valence-electron chi connectivity index (χ1n) is 17.1. The van der Waals surface area contributed by atoms with E-state index in [1.54, 1.807) is 62.4 Å². The molecule has 14 nitrogen and oxygen atoms in total. The van der Waals surface area contributed by atoms with Crippen molar-refractivity contribution < 1.29 is 38.6 Å². The molecule has 4 rings (SSSR count). The number of fused-ring (bicyclic) bond motifs is 2. The van der Waals surface area contributed by atoms with Crippen molar-refractivity contribution >= 4 is 127 Å². The number of hydrogen-bond acceptors (Lipinski definition) is 17. The summed E-state index contributed by atoms with van der Waals surface area (Å²) in [5, 5.41) is 16.9. The van der Waals surface area contributed by atoms with Crippen molar-refractivity contribution in [2.24, 2.45) is 0 Å². The third-order valence-electron chi connectivity index (χ3n) is 7.75. The predicted octanol–water partition coefficient (Wildman–Crippen LogP) is 4.01. The van der Waals surface area contributed by atoms with E-state index in [0.717, 1.165) is 11.9 Å². The van der Waals surface area contributed by atoms with E-state index in [2.05, 4.69) is 45.3 Å². The van der Waals surface area contributed by atoms with Gasteiger partial charge in [-0.15, -0.1) is 12.6 Å². The van der Waals surface area contributed by atoms with E-state index < -0.39 is 53.0 Å². The molecular weight excluding hydrogens is 837 g/mol. The Morgan fingerprint density at radius 3 is 1.75 bits per heavy atom. The molecule has 20 heteroatoms. The lowest BCUT2D eigenvalue weighted by Gasteiger charge is -2.19. The molecule has 2 aromatic heterocycles. The van der Waals surface area contributed by atoms with Gasteiger partial charge in [0, 0.05) is 28.0 Å². The van der Waals surface area contributed by atoms with E-state index in [9.17, 15) is 29.1 Å². The van der Waals surface area contributed by atoms with Gasteiger partial charge < -0.3 is 25.2 Å². The summed E-state index contributed by atoms with van der Waals surface area (Å²) >= 11 is 13.9. The van der Waals surface area contributed by atoms with Crippen molar-refractivity contribution in [3.8, 4) is 11.4 Å². The largest absolute Gasteiger partial charge is 0.464 e. The molecule has 0 aliphatic heterocycles. The molecule has 0 fully saturated rings. The summed E-state index contributed by atoms with van der Waals surface area (Å²) in [6, 6.07) is 13.8. The zero-order chi connectivity index (χ0) is 40.6. The van der Waals surface area contributed by atoms with Crippen molar-refractivity contribution in [3.05, 3.63) is 71.8 Å². The van der Waals surface area contributed by atoms with Crippen LogP contribution in [0.5, 0.6) is 0 Å². The lowest BCUT2D eigenvalue weighted by Crippen LogP contribution is -2.45. The summed E-state index contributed by atoms with van der Waals surface area (Å²) < 4.78 is 16.3. The molecule has 56 heavy (non-hydrogen) atoms. The molecule has 0 saturated heterocycles.